The molecule has 0 amide bonds. The number of hydrogen-bond acceptors (Lipinski definition) is 5. The van der Waals surface area contributed by atoms with Crippen molar-refractivity contribution < 1.29 is 9.15 Å². The Labute approximate surface area is 198 Å². The van der Waals surface area contributed by atoms with Gasteiger partial charge in [0.05, 0.1) is 33.8 Å². The van der Waals surface area contributed by atoms with Crippen molar-refractivity contribution >= 4 is 51.3 Å². The summed E-state index contributed by atoms with van der Waals surface area (Å²) in [6, 6.07) is 19.9. The molecule has 5 rings (SSSR count). The summed E-state index contributed by atoms with van der Waals surface area (Å²) in [4.78, 5) is 18.0. The van der Waals surface area contributed by atoms with Gasteiger partial charge in [-0.25, -0.2) is 4.98 Å². The summed E-state index contributed by atoms with van der Waals surface area (Å²) in [5, 5.41) is 6.48. The van der Waals surface area contributed by atoms with Crippen molar-refractivity contribution in [1.29, 1.82) is 0 Å². The molecular formula is C25H17Cl2N3O3. The molecule has 2 heterocycles. The first-order chi connectivity index (χ1) is 16.0. The molecule has 2 aromatic heterocycles. The van der Waals surface area contributed by atoms with Crippen LogP contribution in [0.15, 0.2) is 81.0 Å². The highest BCUT2D eigenvalue weighted by Gasteiger charge is 2.16. The quantitative estimate of drug-likeness (QED) is 0.274. The summed E-state index contributed by atoms with van der Waals surface area (Å²) in [6.07, 6.45) is 1.50. The third-order valence-corrected chi connectivity index (χ3v) is 5.59. The minimum Gasteiger partial charge on any atom is -0.491 e. The molecule has 0 radical (unpaired) electrons. The molecule has 164 valence electrons. The van der Waals surface area contributed by atoms with Crippen LogP contribution in [0.3, 0.4) is 0 Å². The van der Waals surface area contributed by atoms with Crippen molar-refractivity contribution in [2.75, 3.05) is 6.61 Å². The molecule has 3 aromatic carbocycles. The first kappa shape index (κ1) is 21.2. The van der Waals surface area contributed by atoms with Crippen LogP contribution in [0, 0.1) is 0 Å². The molecule has 0 fully saturated rings. The van der Waals surface area contributed by atoms with Gasteiger partial charge >= 0.3 is 0 Å². The number of aromatic nitrogens is 2. The maximum absolute atomic E-state index is 13.3. The fourth-order valence-corrected chi connectivity index (χ4v) is 4.16. The molecule has 8 heteroatoms. The molecule has 0 unspecified atom stereocenters. The third kappa shape index (κ3) is 3.99. The number of furan rings is 1. The van der Waals surface area contributed by atoms with Crippen LogP contribution in [0.5, 0.6) is 5.75 Å². The maximum atomic E-state index is 13.3. The summed E-state index contributed by atoms with van der Waals surface area (Å²) >= 11 is 12.6. The number of rotatable bonds is 5. The van der Waals surface area contributed by atoms with Gasteiger partial charge in [-0.15, -0.1) is 0 Å². The molecule has 0 N–H and O–H groups in total. The van der Waals surface area contributed by atoms with E-state index in [4.69, 9.17) is 32.4 Å². The fourth-order valence-electron chi connectivity index (χ4n) is 3.54. The van der Waals surface area contributed by atoms with Crippen molar-refractivity contribution in [2.24, 2.45) is 5.10 Å². The second-order valence-electron chi connectivity index (χ2n) is 7.21. The van der Waals surface area contributed by atoms with E-state index in [9.17, 15) is 4.79 Å². The van der Waals surface area contributed by atoms with Gasteiger partial charge in [-0.2, -0.15) is 9.78 Å². The van der Waals surface area contributed by atoms with E-state index in [1.54, 1.807) is 30.3 Å². The molecule has 0 atom stereocenters. The average molecular weight is 478 g/mol. The molecule has 5 aromatic rings. The number of fused-ring (bicyclic) bond motifs is 2. The lowest BCUT2D eigenvalue weighted by molar-refractivity contribution is 0.340. The second-order valence-corrected chi connectivity index (χ2v) is 8.02. The first-order valence-corrected chi connectivity index (χ1v) is 11.0. The lowest BCUT2D eigenvalue weighted by atomic mass is 10.2. The van der Waals surface area contributed by atoms with Gasteiger partial charge in [0.25, 0.3) is 5.56 Å². The van der Waals surface area contributed by atoms with Crippen LogP contribution < -0.4 is 10.3 Å². The molecule has 33 heavy (non-hydrogen) atoms. The van der Waals surface area contributed by atoms with Crippen LogP contribution in [-0.2, 0) is 0 Å². The van der Waals surface area contributed by atoms with Crippen molar-refractivity contribution in [1.82, 2.24) is 9.66 Å². The average Bonchev–Trinajstić information content (AvgIpc) is 3.25. The van der Waals surface area contributed by atoms with E-state index in [1.807, 2.05) is 43.3 Å². The number of halogens is 2. The highest BCUT2D eigenvalue weighted by molar-refractivity contribution is 6.37. The standard InChI is InChI=1S/C25H17Cl2N3O3/c1-2-32-23-18(26)11-15(12-19(23)27)14-28-30-24(22-13-16-7-3-6-10-21(16)33-22)29-20-9-5-4-8-17(20)25(30)31/h3-14H,2H2,1H3. The Kier molecular flexibility index (Phi) is 5.62. The largest absolute Gasteiger partial charge is 0.491 e. The SMILES string of the molecule is CCOc1c(Cl)cc(C=Nn2c(-c3cc4ccccc4o3)nc3ccccc3c2=O)cc1Cl. The number of ether oxygens (including phenoxy) is 1. The molecule has 0 aliphatic heterocycles. The normalized spacial score (nSPS) is 11.6. The fraction of sp³-hybridized carbons (Fsp3) is 0.0800. The summed E-state index contributed by atoms with van der Waals surface area (Å²) in [5.41, 5.74) is 1.52. The number of nitrogens with zero attached hydrogens (tertiary/aromatic N) is 3. The summed E-state index contributed by atoms with van der Waals surface area (Å²) in [5.74, 6) is 1.12. The molecular weight excluding hydrogens is 461 g/mol. The van der Waals surface area contributed by atoms with E-state index in [0.717, 1.165) is 5.39 Å². The number of hydrogen-bond donors (Lipinski definition) is 0. The zero-order valence-corrected chi connectivity index (χ0v) is 19.0. The number of para-hydroxylation sites is 2. The van der Waals surface area contributed by atoms with Gasteiger partial charge < -0.3 is 9.15 Å². The minimum atomic E-state index is -0.324. The molecule has 0 saturated heterocycles. The topological polar surface area (TPSA) is 69.6 Å². The van der Waals surface area contributed by atoms with E-state index in [-0.39, 0.29) is 11.4 Å². The van der Waals surface area contributed by atoms with Gasteiger partial charge in [0.1, 0.15) is 5.58 Å². The van der Waals surface area contributed by atoms with Gasteiger partial charge in [0, 0.05) is 5.39 Å². The van der Waals surface area contributed by atoms with E-state index in [0.29, 0.717) is 50.2 Å². The Hall–Kier alpha value is -3.61. The Morgan fingerprint density at radius 1 is 1.06 bits per heavy atom. The zero-order chi connectivity index (χ0) is 22.9. The Bertz CT molecular complexity index is 1530. The molecule has 0 aliphatic rings. The highest BCUT2D eigenvalue weighted by atomic mass is 35.5. The monoisotopic (exact) mass is 477 g/mol. The van der Waals surface area contributed by atoms with Crippen molar-refractivity contribution in [3.8, 4) is 17.3 Å². The van der Waals surface area contributed by atoms with E-state index >= 15 is 0 Å². The summed E-state index contributed by atoms with van der Waals surface area (Å²) in [7, 11) is 0. The van der Waals surface area contributed by atoms with Gasteiger partial charge in [0.15, 0.2) is 11.5 Å². The third-order valence-electron chi connectivity index (χ3n) is 5.03. The van der Waals surface area contributed by atoms with E-state index in [1.165, 1.54) is 10.9 Å². The lowest BCUT2D eigenvalue weighted by Crippen LogP contribution is -2.20. The molecule has 6 nitrogen and oxygen atoms in total. The van der Waals surface area contributed by atoms with Crippen LogP contribution >= 0.6 is 23.2 Å². The summed E-state index contributed by atoms with van der Waals surface area (Å²) < 4.78 is 12.7. The molecule has 0 spiro atoms. The molecule has 0 saturated carbocycles. The van der Waals surface area contributed by atoms with Crippen molar-refractivity contribution in [3.63, 3.8) is 0 Å². The molecule has 0 bridgehead atoms. The Balaban J connectivity index is 1.68. The van der Waals surface area contributed by atoms with Gasteiger partial charge in [-0.3, -0.25) is 4.79 Å². The minimum absolute atomic E-state index is 0.286. The van der Waals surface area contributed by atoms with Crippen LogP contribution in [0.4, 0.5) is 0 Å². The smallest absolute Gasteiger partial charge is 0.282 e. The van der Waals surface area contributed by atoms with Crippen molar-refractivity contribution in [3.05, 3.63) is 92.7 Å². The number of benzene rings is 3. The summed E-state index contributed by atoms with van der Waals surface area (Å²) in [6.45, 7) is 2.28. The maximum Gasteiger partial charge on any atom is 0.282 e. The van der Waals surface area contributed by atoms with Gasteiger partial charge in [0.2, 0.25) is 5.82 Å². The predicted molar refractivity (Wildman–Crippen MR) is 132 cm³/mol. The first-order valence-electron chi connectivity index (χ1n) is 10.2. The Morgan fingerprint density at radius 2 is 1.79 bits per heavy atom. The lowest BCUT2D eigenvalue weighted by Gasteiger charge is -2.09. The molecule has 0 aliphatic carbocycles. The zero-order valence-electron chi connectivity index (χ0n) is 17.5. The van der Waals surface area contributed by atoms with Crippen LogP contribution in [0.1, 0.15) is 12.5 Å². The Morgan fingerprint density at radius 3 is 2.55 bits per heavy atom. The van der Waals surface area contributed by atoms with E-state index < -0.39 is 0 Å². The van der Waals surface area contributed by atoms with Crippen LogP contribution in [0.25, 0.3) is 33.5 Å². The van der Waals surface area contributed by atoms with Gasteiger partial charge in [-0.05, 0) is 48.9 Å². The second kappa shape index (κ2) is 8.73. The predicted octanol–water partition coefficient (Wildman–Crippen LogP) is 6.40. The van der Waals surface area contributed by atoms with Gasteiger partial charge in [-0.1, -0.05) is 53.5 Å². The van der Waals surface area contributed by atoms with Crippen LogP contribution in [0.2, 0.25) is 10.0 Å². The highest BCUT2D eigenvalue weighted by Crippen LogP contribution is 2.34. The van der Waals surface area contributed by atoms with E-state index in [2.05, 4.69) is 10.1 Å². The van der Waals surface area contributed by atoms with Crippen molar-refractivity contribution in [2.45, 2.75) is 6.92 Å². The van der Waals surface area contributed by atoms with Crippen LogP contribution in [-0.4, -0.2) is 22.5 Å².